The third kappa shape index (κ3) is 8.02. The minimum absolute atomic E-state index is 0. The van der Waals surface area contributed by atoms with E-state index in [1.54, 1.807) is 21.0 Å². The van der Waals surface area contributed by atoms with E-state index in [-0.39, 0.29) is 18.3 Å². The zero-order valence-electron chi connectivity index (χ0n) is 8.42. The highest BCUT2D eigenvalue weighted by Crippen LogP contribution is 1.95. The quantitative estimate of drug-likeness (QED) is 0.642. The number of rotatable bonds is 5. The number of carbonyl (C=O) groups excluding carboxylic acids is 1. The molecule has 0 unspecified atom stereocenters. The molecule has 0 rings (SSSR count). The van der Waals surface area contributed by atoms with Crippen LogP contribution in [0, 0.1) is 0 Å². The molecule has 3 N–H and O–H groups in total. The molecule has 80 valence electrons. The van der Waals surface area contributed by atoms with Gasteiger partial charge in [-0.2, -0.15) is 0 Å². The minimum Gasteiger partial charge on any atom is -0.385 e. The first-order valence-electron chi connectivity index (χ1n) is 4.04. The number of amides is 1. The van der Waals surface area contributed by atoms with Crippen molar-refractivity contribution < 1.29 is 9.53 Å². The van der Waals surface area contributed by atoms with Crippen LogP contribution in [0.4, 0.5) is 0 Å². The lowest BCUT2D eigenvalue weighted by molar-refractivity contribution is -0.125. The van der Waals surface area contributed by atoms with Crippen molar-refractivity contribution in [1.29, 1.82) is 0 Å². The molecule has 0 spiro atoms. The number of nitrogens with one attached hydrogen (secondary N) is 1. The van der Waals surface area contributed by atoms with Gasteiger partial charge in [0.05, 0.1) is 5.54 Å². The maximum absolute atomic E-state index is 11.2. The molecule has 0 atom stereocenters. The number of ether oxygens (including phenoxy) is 1. The Kier molecular flexibility index (Phi) is 8.30. The molecule has 0 radical (unpaired) electrons. The summed E-state index contributed by atoms with van der Waals surface area (Å²) < 4.78 is 4.83. The number of hydrogen-bond acceptors (Lipinski definition) is 3. The Hall–Kier alpha value is -0.320. The van der Waals surface area contributed by atoms with Gasteiger partial charge in [-0.25, -0.2) is 0 Å². The van der Waals surface area contributed by atoms with Gasteiger partial charge in [-0.1, -0.05) is 0 Å². The van der Waals surface area contributed by atoms with Crippen molar-refractivity contribution in [3.63, 3.8) is 0 Å². The Morgan fingerprint density at radius 3 is 2.46 bits per heavy atom. The monoisotopic (exact) mass is 210 g/mol. The molecule has 5 heteroatoms. The molecule has 0 bridgehead atoms. The van der Waals surface area contributed by atoms with E-state index in [2.05, 4.69) is 5.32 Å². The summed E-state index contributed by atoms with van der Waals surface area (Å²) in [7, 11) is 1.63. The Bertz CT molecular complexity index is 146. The van der Waals surface area contributed by atoms with Crippen LogP contribution in [0.3, 0.4) is 0 Å². The van der Waals surface area contributed by atoms with E-state index < -0.39 is 5.54 Å². The second-order valence-electron chi connectivity index (χ2n) is 3.32. The first kappa shape index (κ1) is 15.2. The van der Waals surface area contributed by atoms with Crippen molar-refractivity contribution in [3.8, 4) is 0 Å². The first-order chi connectivity index (χ1) is 5.48. The number of carbonyl (C=O) groups is 1. The number of nitrogens with two attached hydrogens (primary N) is 1. The number of methoxy groups -OCH3 is 1. The molecule has 1 amide bonds. The van der Waals surface area contributed by atoms with Gasteiger partial charge in [0.1, 0.15) is 0 Å². The van der Waals surface area contributed by atoms with Crippen molar-refractivity contribution >= 4 is 18.3 Å². The fourth-order valence-corrected chi connectivity index (χ4v) is 0.646. The van der Waals surface area contributed by atoms with Crippen LogP contribution in [-0.2, 0) is 9.53 Å². The molecule has 0 saturated heterocycles. The van der Waals surface area contributed by atoms with Gasteiger partial charge in [0, 0.05) is 20.3 Å². The van der Waals surface area contributed by atoms with Crippen LogP contribution >= 0.6 is 12.4 Å². The van der Waals surface area contributed by atoms with Crippen molar-refractivity contribution in [2.24, 2.45) is 5.73 Å². The molecule has 0 fully saturated rings. The van der Waals surface area contributed by atoms with Crippen molar-refractivity contribution in [1.82, 2.24) is 5.32 Å². The van der Waals surface area contributed by atoms with Gasteiger partial charge >= 0.3 is 0 Å². The van der Waals surface area contributed by atoms with Crippen molar-refractivity contribution in [2.45, 2.75) is 25.8 Å². The molecule has 0 aromatic rings. The highest BCUT2D eigenvalue weighted by molar-refractivity contribution is 5.85. The molecule has 0 heterocycles. The van der Waals surface area contributed by atoms with Crippen LogP contribution in [0.15, 0.2) is 0 Å². The van der Waals surface area contributed by atoms with Gasteiger partial charge < -0.3 is 15.8 Å². The minimum atomic E-state index is -0.785. The second-order valence-corrected chi connectivity index (χ2v) is 3.32. The Labute approximate surface area is 85.6 Å². The van der Waals surface area contributed by atoms with E-state index in [1.165, 1.54) is 0 Å². The fourth-order valence-electron chi connectivity index (χ4n) is 0.646. The molecular formula is C8H19ClN2O2. The predicted molar refractivity (Wildman–Crippen MR) is 55.0 cm³/mol. The molecule has 0 aliphatic rings. The van der Waals surface area contributed by atoms with Crippen molar-refractivity contribution in [3.05, 3.63) is 0 Å². The zero-order chi connectivity index (χ0) is 9.61. The van der Waals surface area contributed by atoms with Gasteiger partial charge in [-0.3, -0.25) is 4.79 Å². The molecule has 0 aliphatic heterocycles. The van der Waals surface area contributed by atoms with E-state index in [0.29, 0.717) is 13.2 Å². The Morgan fingerprint density at radius 1 is 1.54 bits per heavy atom. The highest BCUT2D eigenvalue weighted by Gasteiger charge is 2.20. The lowest BCUT2D eigenvalue weighted by atomic mass is 10.1. The Morgan fingerprint density at radius 2 is 2.08 bits per heavy atom. The lowest BCUT2D eigenvalue weighted by Gasteiger charge is -2.17. The van der Waals surface area contributed by atoms with E-state index in [1.807, 2.05) is 0 Å². The summed E-state index contributed by atoms with van der Waals surface area (Å²) in [6.45, 7) is 4.63. The Balaban J connectivity index is 0. The van der Waals surface area contributed by atoms with Crippen LogP contribution in [0.2, 0.25) is 0 Å². The predicted octanol–water partition coefficient (Wildman–Crippen LogP) is 0.298. The average molecular weight is 211 g/mol. The van der Waals surface area contributed by atoms with Crippen LogP contribution in [-0.4, -0.2) is 31.7 Å². The maximum atomic E-state index is 11.2. The maximum Gasteiger partial charge on any atom is 0.239 e. The van der Waals surface area contributed by atoms with E-state index in [0.717, 1.165) is 6.42 Å². The van der Waals surface area contributed by atoms with Gasteiger partial charge in [0.15, 0.2) is 0 Å². The topological polar surface area (TPSA) is 64.3 Å². The van der Waals surface area contributed by atoms with Gasteiger partial charge in [0.25, 0.3) is 0 Å². The normalized spacial score (nSPS) is 10.5. The summed E-state index contributed by atoms with van der Waals surface area (Å²) in [5.41, 5.74) is 4.77. The van der Waals surface area contributed by atoms with Gasteiger partial charge in [-0.15, -0.1) is 12.4 Å². The average Bonchev–Trinajstić information content (AvgIpc) is 1.96. The van der Waals surface area contributed by atoms with E-state index in [4.69, 9.17) is 10.5 Å². The summed E-state index contributed by atoms with van der Waals surface area (Å²) in [6.07, 6.45) is 0.818. The standard InChI is InChI=1S/C8H18N2O2.ClH/c1-8(2,9)7(11)10-5-4-6-12-3;/h4-6,9H2,1-3H3,(H,10,11);1H. The van der Waals surface area contributed by atoms with E-state index >= 15 is 0 Å². The zero-order valence-corrected chi connectivity index (χ0v) is 9.24. The molecule has 0 aromatic carbocycles. The summed E-state index contributed by atoms with van der Waals surface area (Å²) in [6, 6.07) is 0. The van der Waals surface area contributed by atoms with Crippen LogP contribution < -0.4 is 11.1 Å². The SMILES string of the molecule is COCCCNC(=O)C(C)(C)N.Cl. The van der Waals surface area contributed by atoms with Gasteiger partial charge in [0.2, 0.25) is 5.91 Å². The second kappa shape index (κ2) is 7.12. The molecular weight excluding hydrogens is 192 g/mol. The third-order valence-corrected chi connectivity index (χ3v) is 1.40. The number of halogens is 1. The van der Waals surface area contributed by atoms with Crippen LogP contribution in [0.1, 0.15) is 20.3 Å². The molecule has 0 saturated carbocycles. The fraction of sp³-hybridized carbons (Fsp3) is 0.875. The lowest BCUT2D eigenvalue weighted by Crippen LogP contribution is -2.49. The number of hydrogen-bond donors (Lipinski definition) is 2. The summed E-state index contributed by atoms with van der Waals surface area (Å²) >= 11 is 0. The van der Waals surface area contributed by atoms with E-state index in [9.17, 15) is 4.79 Å². The first-order valence-corrected chi connectivity index (χ1v) is 4.04. The summed E-state index contributed by atoms with van der Waals surface area (Å²) in [5, 5.41) is 2.71. The largest absolute Gasteiger partial charge is 0.385 e. The van der Waals surface area contributed by atoms with Gasteiger partial charge in [-0.05, 0) is 20.3 Å². The van der Waals surface area contributed by atoms with Crippen LogP contribution in [0.25, 0.3) is 0 Å². The molecule has 0 aromatic heterocycles. The summed E-state index contributed by atoms with van der Waals surface area (Å²) in [5.74, 6) is -0.126. The summed E-state index contributed by atoms with van der Waals surface area (Å²) in [4.78, 5) is 11.2. The molecule has 0 aliphatic carbocycles. The highest BCUT2D eigenvalue weighted by atomic mass is 35.5. The third-order valence-electron chi connectivity index (χ3n) is 1.40. The van der Waals surface area contributed by atoms with Crippen molar-refractivity contribution in [2.75, 3.05) is 20.3 Å². The molecule has 4 nitrogen and oxygen atoms in total. The molecule has 13 heavy (non-hydrogen) atoms. The van der Waals surface area contributed by atoms with Crippen LogP contribution in [0.5, 0.6) is 0 Å². The smallest absolute Gasteiger partial charge is 0.239 e.